The molecule has 0 aliphatic heterocycles. The lowest BCUT2D eigenvalue weighted by Gasteiger charge is -2.17. The van der Waals surface area contributed by atoms with E-state index in [1.165, 1.54) is 11.8 Å². The lowest BCUT2D eigenvalue weighted by molar-refractivity contribution is -0.144. The highest BCUT2D eigenvalue weighted by Gasteiger charge is 2.18. The van der Waals surface area contributed by atoms with E-state index in [1.807, 2.05) is 6.92 Å². The van der Waals surface area contributed by atoms with E-state index in [9.17, 15) is 9.59 Å². The number of rotatable bonds is 7. The number of esters is 1. The minimum atomic E-state index is -0.593. The number of hydrogen-bond acceptors (Lipinski definition) is 5. The van der Waals surface area contributed by atoms with Gasteiger partial charge in [0.2, 0.25) is 5.91 Å². The molecular weight excluding hydrogens is 240 g/mol. The molecule has 2 atom stereocenters. The van der Waals surface area contributed by atoms with E-state index in [0.717, 1.165) is 0 Å². The second kappa shape index (κ2) is 8.36. The van der Waals surface area contributed by atoms with E-state index in [0.29, 0.717) is 18.8 Å². The summed E-state index contributed by atoms with van der Waals surface area (Å²) in [6, 6.07) is -0.593. The van der Waals surface area contributed by atoms with Crippen molar-refractivity contribution in [3.63, 3.8) is 0 Å². The van der Waals surface area contributed by atoms with Crippen molar-refractivity contribution in [3.05, 3.63) is 0 Å². The average Bonchev–Trinajstić information content (AvgIpc) is 2.27. The van der Waals surface area contributed by atoms with Gasteiger partial charge in [-0.2, -0.15) is 0 Å². The number of carbonyl (C=O) groups is 2. The van der Waals surface area contributed by atoms with Gasteiger partial charge in [0, 0.05) is 14.1 Å². The highest BCUT2D eigenvalue weighted by atomic mass is 32.2. The summed E-state index contributed by atoms with van der Waals surface area (Å²) in [5, 5.41) is -0.112. The molecule has 0 radical (unpaired) electrons. The summed E-state index contributed by atoms with van der Waals surface area (Å²) in [6.45, 7) is 3.94. The van der Waals surface area contributed by atoms with Crippen LogP contribution in [0.25, 0.3) is 0 Å². The van der Waals surface area contributed by atoms with Crippen LogP contribution in [0.1, 0.15) is 20.3 Å². The van der Waals surface area contributed by atoms with Crippen LogP contribution >= 0.6 is 11.8 Å². The molecule has 5 nitrogen and oxygen atoms in total. The third-order valence-corrected chi connectivity index (χ3v) is 3.35. The largest absolute Gasteiger partial charge is 0.465 e. The lowest BCUT2D eigenvalue weighted by atomic mass is 10.2. The highest BCUT2D eigenvalue weighted by molar-refractivity contribution is 8.00. The van der Waals surface area contributed by atoms with Crippen molar-refractivity contribution in [1.82, 2.24) is 4.90 Å². The molecule has 6 heteroatoms. The summed E-state index contributed by atoms with van der Waals surface area (Å²) in [7, 11) is 3.45. The summed E-state index contributed by atoms with van der Waals surface area (Å²) in [5.41, 5.74) is 5.64. The van der Waals surface area contributed by atoms with Crippen molar-refractivity contribution in [2.24, 2.45) is 5.73 Å². The van der Waals surface area contributed by atoms with Gasteiger partial charge in [0.05, 0.1) is 11.9 Å². The number of amides is 1. The maximum atomic E-state index is 11.5. The van der Waals surface area contributed by atoms with Gasteiger partial charge in [-0.15, -0.1) is 11.8 Å². The van der Waals surface area contributed by atoms with Crippen LogP contribution in [0.4, 0.5) is 0 Å². The molecule has 0 saturated heterocycles. The van der Waals surface area contributed by atoms with Gasteiger partial charge in [-0.25, -0.2) is 0 Å². The molecule has 0 heterocycles. The molecule has 0 rings (SSSR count). The zero-order valence-electron chi connectivity index (χ0n) is 10.9. The Bertz CT molecular complexity index is 259. The van der Waals surface area contributed by atoms with E-state index in [2.05, 4.69) is 0 Å². The zero-order chi connectivity index (χ0) is 13.4. The number of hydrogen-bond donors (Lipinski definition) is 1. The second-order valence-corrected chi connectivity index (χ2v) is 5.34. The number of thioether (sulfide) groups is 1. The smallest absolute Gasteiger partial charge is 0.322 e. The molecule has 17 heavy (non-hydrogen) atoms. The van der Waals surface area contributed by atoms with Crippen LogP contribution in [0.2, 0.25) is 0 Å². The van der Waals surface area contributed by atoms with Crippen LogP contribution in [0.5, 0.6) is 0 Å². The van der Waals surface area contributed by atoms with E-state index >= 15 is 0 Å². The lowest BCUT2D eigenvalue weighted by Crippen LogP contribution is -2.34. The van der Waals surface area contributed by atoms with Crippen molar-refractivity contribution >= 4 is 23.6 Å². The molecule has 100 valence electrons. The van der Waals surface area contributed by atoms with Gasteiger partial charge < -0.3 is 15.4 Å². The molecule has 0 bridgehead atoms. The van der Waals surface area contributed by atoms with E-state index in [1.54, 1.807) is 25.9 Å². The molecule has 0 aromatic rings. The first-order valence-electron chi connectivity index (χ1n) is 5.65. The van der Waals surface area contributed by atoms with Gasteiger partial charge in [-0.1, -0.05) is 0 Å². The normalized spacial score (nSPS) is 13.9. The predicted molar refractivity (Wildman–Crippen MR) is 69.8 cm³/mol. The molecule has 0 saturated carbocycles. The average molecular weight is 262 g/mol. The summed E-state index contributed by atoms with van der Waals surface area (Å²) < 4.78 is 4.80. The number of ether oxygens (including phenoxy) is 1. The Morgan fingerprint density at radius 2 is 2.00 bits per heavy atom. The maximum Gasteiger partial charge on any atom is 0.322 e. The summed E-state index contributed by atoms with van der Waals surface area (Å²) in [5.74, 6) is 0.361. The van der Waals surface area contributed by atoms with Crippen LogP contribution < -0.4 is 5.73 Å². The molecule has 2 N–H and O–H groups in total. The number of nitrogens with zero attached hydrogens (tertiary/aromatic N) is 1. The van der Waals surface area contributed by atoms with Gasteiger partial charge >= 0.3 is 5.97 Å². The fourth-order valence-corrected chi connectivity index (χ4v) is 2.27. The van der Waals surface area contributed by atoms with E-state index in [4.69, 9.17) is 10.5 Å². The quantitative estimate of drug-likeness (QED) is 0.676. The van der Waals surface area contributed by atoms with Crippen LogP contribution in [0.3, 0.4) is 0 Å². The Labute approximate surface area is 107 Å². The third kappa shape index (κ3) is 6.53. The van der Waals surface area contributed by atoms with Crippen molar-refractivity contribution in [2.45, 2.75) is 31.6 Å². The molecule has 0 spiro atoms. The van der Waals surface area contributed by atoms with Gasteiger partial charge in [-0.05, 0) is 26.0 Å². The molecule has 0 aromatic heterocycles. The Kier molecular flexibility index (Phi) is 7.99. The summed E-state index contributed by atoms with van der Waals surface area (Å²) in [6.07, 6.45) is 0.522. The van der Waals surface area contributed by atoms with E-state index in [-0.39, 0.29) is 17.1 Å². The minimum Gasteiger partial charge on any atom is -0.465 e. The van der Waals surface area contributed by atoms with Crippen molar-refractivity contribution in [1.29, 1.82) is 0 Å². The minimum absolute atomic E-state index is 0.0692. The summed E-state index contributed by atoms with van der Waals surface area (Å²) in [4.78, 5) is 24.3. The van der Waals surface area contributed by atoms with Crippen LogP contribution in [0.15, 0.2) is 0 Å². The monoisotopic (exact) mass is 262 g/mol. The molecule has 2 unspecified atom stereocenters. The Balaban J connectivity index is 3.83. The zero-order valence-corrected chi connectivity index (χ0v) is 11.8. The van der Waals surface area contributed by atoms with Gasteiger partial charge in [0.25, 0.3) is 0 Å². The first-order chi connectivity index (χ1) is 7.90. The molecule has 0 fully saturated rings. The topological polar surface area (TPSA) is 72.6 Å². The number of carbonyl (C=O) groups excluding carboxylic acids is 2. The fraction of sp³-hybridized carbons (Fsp3) is 0.818. The fourth-order valence-electron chi connectivity index (χ4n) is 1.17. The molecule has 0 aliphatic rings. The van der Waals surface area contributed by atoms with Crippen molar-refractivity contribution < 1.29 is 14.3 Å². The van der Waals surface area contributed by atoms with Crippen LogP contribution in [-0.2, 0) is 14.3 Å². The van der Waals surface area contributed by atoms with Gasteiger partial charge in [-0.3, -0.25) is 9.59 Å². The first kappa shape index (κ1) is 16.2. The molecule has 0 aliphatic carbocycles. The predicted octanol–water partition coefficient (Wildman–Crippen LogP) is 0.477. The Morgan fingerprint density at radius 1 is 1.41 bits per heavy atom. The second-order valence-electron chi connectivity index (χ2n) is 3.89. The van der Waals surface area contributed by atoms with Gasteiger partial charge in [0.15, 0.2) is 0 Å². The maximum absolute atomic E-state index is 11.5. The summed E-state index contributed by atoms with van der Waals surface area (Å²) >= 11 is 1.50. The van der Waals surface area contributed by atoms with Crippen LogP contribution in [-0.4, -0.2) is 54.5 Å². The van der Waals surface area contributed by atoms with Gasteiger partial charge in [0.1, 0.15) is 6.04 Å². The standard InChI is InChI=1S/C11H22N2O3S/c1-5-16-11(15)9(12)6-7-17-8(2)10(14)13(3)4/h8-9H,5-7,12H2,1-4H3. The Morgan fingerprint density at radius 3 is 2.47 bits per heavy atom. The molecule has 1 amide bonds. The van der Waals surface area contributed by atoms with Crippen molar-refractivity contribution in [2.75, 3.05) is 26.5 Å². The van der Waals surface area contributed by atoms with Crippen LogP contribution in [0, 0.1) is 0 Å². The van der Waals surface area contributed by atoms with Crippen molar-refractivity contribution in [3.8, 4) is 0 Å². The number of nitrogens with two attached hydrogens (primary N) is 1. The molecule has 0 aromatic carbocycles. The SMILES string of the molecule is CCOC(=O)C(N)CCSC(C)C(=O)N(C)C. The third-order valence-electron chi connectivity index (χ3n) is 2.17. The Hall–Kier alpha value is -0.750. The first-order valence-corrected chi connectivity index (χ1v) is 6.70. The van der Waals surface area contributed by atoms with E-state index < -0.39 is 6.04 Å². The molecular formula is C11H22N2O3S. The highest BCUT2D eigenvalue weighted by Crippen LogP contribution is 2.14.